The molecule has 5 nitrogen and oxygen atoms in total. The van der Waals surface area contributed by atoms with E-state index < -0.39 is 0 Å². The van der Waals surface area contributed by atoms with Crippen LogP contribution in [0, 0.1) is 0 Å². The van der Waals surface area contributed by atoms with Crippen LogP contribution in [0.2, 0.25) is 0 Å². The van der Waals surface area contributed by atoms with E-state index in [-0.39, 0.29) is 11.9 Å². The fourth-order valence-electron chi connectivity index (χ4n) is 2.75. The van der Waals surface area contributed by atoms with Crippen molar-refractivity contribution in [2.45, 2.75) is 18.9 Å². The summed E-state index contributed by atoms with van der Waals surface area (Å²) >= 11 is 0. The summed E-state index contributed by atoms with van der Waals surface area (Å²) in [6, 6.07) is 3.45. The van der Waals surface area contributed by atoms with Gasteiger partial charge in [0.05, 0.1) is 27.4 Å². The fraction of sp³-hybridized carbons (Fsp3) is 0.389. The first kappa shape index (κ1) is 16.9. The summed E-state index contributed by atoms with van der Waals surface area (Å²) in [5.74, 6) is 1.33. The number of hydrogen-bond donors (Lipinski definition) is 0. The van der Waals surface area contributed by atoms with Gasteiger partial charge in [0.2, 0.25) is 5.75 Å². The lowest BCUT2D eigenvalue weighted by Crippen LogP contribution is -2.38. The molecule has 0 aliphatic heterocycles. The topological polar surface area (TPSA) is 48.0 Å². The van der Waals surface area contributed by atoms with Crippen LogP contribution < -0.4 is 14.2 Å². The van der Waals surface area contributed by atoms with E-state index in [1.807, 2.05) is 0 Å². The van der Waals surface area contributed by atoms with Crippen molar-refractivity contribution >= 4 is 5.91 Å². The molecule has 0 saturated carbocycles. The number of allylic oxidation sites excluding steroid dienone is 1. The third-order valence-corrected chi connectivity index (χ3v) is 3.89. The standard InChI is InChI=1S/C18H23NO4/c1-5-10-19(14-8-6-7-9-14)18(20)13-11-15(21-2)17(23-4)16(12-13)22-3/h5-6,8,11-12,14H,1,7,9-10H2,2-4H3. The maximum atomic E-state index is 13.0. The van der Waals surface area contributed by atoms with Gasteiger partial charge in [0.25, 0.3) is 5.91 Å². The molecular weight excluding hydrogens is 294 g/mol. The molecule has 1 aromatic carbocycles. The Morgan fingerprint density at radius 3 is 2.35 bits per heavy atom. The second kappa shape index (κ2) is 7.72. The van der Waals surface area contributed by atoms with Gasteiger partial charge in [-0.25, -0.2) is 0 Å². The number of amides is 1. The summed E-state index contributed by atoms with van der Waals surface area (Å²) in [4.78, 5) is 14.8. The Bertz CT molecular complexity index is 584. The van der Waals surface area contributed by atoms with Crippen LogP contribution >= 0.6 is 0 Å². The molecule has 1 aromatic rings. The zero-order valence-corrected chi connectivity index (χ0v) is 13.9. The Morgan fingerprint density at radius 1 is 1.26 bits per heavy atom. The minimum Gasteiger partial charge on any atom is -0.493 e. The van der Waals surface area contributed by atoms with Gasteiger partial charge in [0.1, 0.15) is 0 Å². The zero-order valence-electron chi connectivity index (χ0n) is 13.9. The van der Waals surface area contributed by atoms with Crippen molar-refractivity contribution in [1.82, 2.24) is 4.90 Å². The van der Waals surface area contributed by atoms with Crippen molar-refractivity contribution in [2.75, 3.05) is 27.9 Å². The Balaban J connectivity index is 2.40. The van der Waals surface area contributed by atoms with Crippen LogP contribution in [-0.2, 0) is 0 Å². The van der Waals surface area contributed by atoms with Gasteiger partial charge in [0.15, 0.2) is 11.5 Å². The smallest absolute Gasteiger partial charge is 0.254 e. The van der Waals surface area contributed by atoms with Crippen LogP contribution in [0.15, 0.2) is 36.9 Å². The highest BCUT2D eigenvalue weighted by Gasteiger charge is 2.26. The quantitative estimate of drug-likeness (QED) is 0.725. The number of carbonyl (C=O) groups excluding carboxylic acids is 1. The minimum atomic E-state index is -0.0827. The first-order chi connectivity index (χ1) is 11.2. The number of benzene rings is 1. The third kappa shape index (κ3) is 3.50. The molecule has 1 unspecified atom stereocenters. The van der Waals surface area contributed by atoms with Gasteiger partial charge in [-0.15, -0.1) is 6.58 Å². The fourth-order valence-corrected chi connectivity index (χ4v) is 2.75. The van der Waals surface area contributed by atoms with E-state index in [0.717, 1.165) is 12.8 Å². The van der Waals surface area contributed by atoms with Crippen LogP contribution in [0.1, 0.15) is 23.2 Å². The lowest BCUT2D eigenvalue weighted by Gasteiger charge is -2.27. The van der Waals surface area contributed by atoms with E-state index in [1.54, 1.807) is 23.1 Å². The molecule has 1 atom stereocenters. The van der Waals surface area contributed by atoms with Crippen molar-refractivity contribution in [3.05, 3.63) is 42.5 Å². The highest BCUT2D eigenvalue weighted by molar-refractivity contribution is 5.96. The summed E-state index contributed by atoms with van der Waals surface area (Å²) in [6.45, 7) is 4.25. The maximum Gasteiger partial charge on any atom is 0.254 e. The van der Waals surface area contributed by atoms with E-state index in [2.05, 4.69) is 18.7 Å². The van der Waals surface area contributed by atoms with Gasteiger partial charge < -0.3 is 19.1 Å². The molecular formula is C18H23NO4. The van der Waals surface area contributed by atoms with Gasteiger partial charge in [-0.1, -0.05) is 18.2 Å². The van der Waals surface area contributed by atoms with Crippen LogP contribution in [-0.4, -0.2) is 44.7 Å². The van der Waals surface area contributed by atoms with Crippen molar-refractivity contribution < 1.29 is 19.0 Å². The second-order valence-corrected chi connectivity index (χ2v) is 5.23. The molecule has 2 rings (SSSR count). The van der Waals surface area contributed by atoms with Crippen molar-refractivity contribution in [2.24, 2.45) is 0 Å². The molecule has 23 heavy (non-hydrogen) atoms. The number of hydrogen-bond acceptors (Lipinski definition) is 4. The van der Waals surface area contributed by atoms with Crippen molar-refractivity contribution in [3.63, 3.8) is 0 Å². The van der Waals surface area contributed by atoms with E-state index in [1.165, 1.54) is 21.3 Å². The molecule has 0 bridgehead atoms. The van der Waals surface area contributed by atoms with Crippen molar-refractivity contribution in [3.8, 4) is 17.2 Å². The average Bonchev–Trinajstić information content (AvgIpc) is 3.11. The van der Waals surface area contributed by atoms with Gasteiger partial charge in [0, 0.05) is 12.1 Å². The highest BCUT2D eigenvalue weighted by Crippen LogP contribution is 2.38. The molecule has 0 aromatic heterocycles. The van der Waals surface area contributed by atoms with E-state index >= 15 is 0 Å². The van der Waals surface area contributed by atoms with Crippen molar-refractivity contribution in [1.29, 1.82) is 0 Å². The SMILES string of the molecule is C=CCN(C(=O)c1cc(OC)c(OC)c(OC)c1)C1C=CCC1. The largest absolute Gasteiger partial charge is 0.493 e. The molecule has 1 aliphatic rings. The molecule has 0 saturated heterocycles. The van der Waals surface area contributed by atoms with Crippen LogP contribution in [0.3, 0.4) is 0 Å². The van der Waals surface area contributed by atoms with Crippen LogP contribution in [0.5, 0.6) is 17.2 Å². The molecule has 5 heteroatoms. The van der Waals surface area contributed by atoms with Gasteiger partial charge in [-0.2, -0.15) is 0 Å². The average molecular weight is 317 g/mol. The Labute approximate surface area is 137 Å². The Hall–Kier alpha value is -2.43. The molecule has 1 aliphatic carbocycles. The lowest BCUT2D eigenvalue weighted by atomic mass is 10.1. The summed E-state index contributed by atoms with van der Waals surface area (Å²) in [5.41, 5.74) is 0.502. The number of nitrogens with zero attached hydrogens (tertiary/aromatic N) is 1. The van der Waals surface area contributed by atoms with E-state index in [9.17, 15) is 4.79 Å². The molecule has 124 valence electrons. The highest BCUT2D eigenvalue weighted by atomic mass is 16.5. The lowest BCUT2D eigenvalue weighted by molar-refractivity contribution is 0.0733. The monoisotopic (exact) mass is 317 g/mol. The van der Waals surface area contributed by atoms with Crippen LogP contribution in [0.25, 0.3) is 0 Å². The predicted octanol–water partition coefficient (Wildman–Crippen LogP) is 3.06. The molecule has 0 radical (unpaired) electrons. The summed E-state index contributed by atoms with van der Waals surface area (Å²) in [6.07, 6.45) is 7.83. The molecule has 0 heterocycles. The van der Waals surface area contributed by atoms with E-state index in [4.69, 9.17) is 14.2 Å². The summed E-state index contributed by atoms with van der Waals surface area (Å²) in [7, 11) is 4.61. The normalized spacial score (nSPS) is 16.0. The number of rotatable bonds is 7. The Kier molecular flexibility index (Phi) is 5.68. The molecule has 0 N–H and O–H groups in total. The summed E-state index contributed by atoms with van der Waals surface area (Å²) < 4.78 is 15.9. The third-order valence-electron chi connectivity index (χ3n) is 3.89. The molecule has 0 spiro atoms. The first-order valence-corrected chi connectivity index (χ1v) is 7.54. The van der Waals surface area contributed by atoms with Gasteiger partial charge in [-0.3, -0.25) is 4.79 Å². The molecule has 1 amide bonds. The molecule has 0 fully saturated rings. The number of methoxy groups -OCH3 is 3. The summed E-state index contributed by atoms with van der Waals surface area (Å²) in [5, 5.41) is 0. The Morgan fingerprint density at radius 2 is 1.91 bits per heavy atom. The minimum absolute atomic E-state index is 0.0827. The number of carbonyl (C=O) groups is 1. The predicted molar refractivity (Wildman–Crippen MR) is 89.5 cm³/mol. The first-order valence-electron chi connectivity index (χ1n) is 7.54. The van der Waals surface area contributed by atoms with Gasteiger partial charge >= 0.3 is 0 Å². The second-order valence-electron chi connectivity index (χ2n) is 5.23. The zero-order chi connectivity index (χ0) is 16.8. The maximum absolute atomic E-state index is 13.0. The van der Waals surface area contributed by atoms with Crippen LogP contribution in [0.4, 0.5) is 0 Å². The van der Waals surface area contributed by atoms with E-state index in [0.29, 0.717) is 29.4 Å². The van der Waals surface area contributed by atoms with Gasteiger partial charge in [-0.05, 0) is 25.0 Å². The number of ether oxygens (including phenoxy) is 3.